The standard InChI is InChI=1S/C45H75NO12/c1-6-7-8-9-10-11-12-13-14-15-16-20-40(50)57-43-32(26-41(51)53-5)25-37-30-38(31(2)47)46-39(49)28-33(48)27-34-18-17-19-35(55-34)29-36-22-24-54-42(56-36)21-23-44(3,4)45(43,52)58-37/h21,23,26,31,33-38,42-43,47-48,52H,6-20,22,24-25,27-30H2,1-5H3,(H,46,49)/b23-21-,32-26+/t31-,33+,34?,35?,36?,37+,38?,42?,43+,45-/m1/s1. The van der Waals surface area contributed by atoms with E-state index in [1.54, 1.807) is 32.9 Å². The Labute approximate surface area is 346 Å². The van der Waals surface area contributed by atoms with Gasteiger partial charge in [0.2, 0.25) is 11.7 Å². The van der Waals surface area contributed by atoms with Crippen LogP contribution in [-0.4, -0.2) is 108 Å². The van der Waals surface area contributed by atoms with E-state index >= 15 is 0 Å². The second-order valence-corrected chi connectivity index (χ2v) is 17.7. The van der Waals surface area contributed by atoms with Gasteiger partial charge in [-0.2, -0.15) is 0 Å². The zero-order valence-corrected chi connectivity index (χ0v) is 36.0. The van der Waals surface area contributed by atoms with E-state index in [9.17, 15) is 29.7 Å². The summed E-state index contributed by atoms with van der Waals surface area (Å²) in [7, 11) is 1.24. The highest BCUT2D eigenvalue weighted by Crippen LogP contribution is 2.47. The lowest BCUT2D eigenvalue weighted by Gasteiger charge is -2.51. The van der Waals surface area contributed by atoms with Gasteiger partial charge in [0.1, 0.15) is 0 Å². The number of hydrogen-bond acceptors (Lipinski definition) is 12. The summed E-state index contributed by atoms with van der Waals surface area (Å²) in [6.45, 7) is 7.70. The molecule has 4 aliphatic rings. The van der Waals surface area contributed by atoms with Gasteiger partial charge in [-0.1, -0.05) is 91.1 Å². The lowest BCUT2D eigenvalue weighted by molar-refractivity contribution is -0.326. The first-order chi connectivity index (χ1) is 27.7. The predicted molar refractivity (Wildman–Crippen MR) is 218 cm³/mol. The van der Waals surface area contributed by atoms with Crippen LogP contribution in [-0.2, 0) is 42.8 Å². The number of amides is 1. The van der Waals surface area contributed by atoms with Crippen LogP contribution in [0.4, 0.5) is 0 Å². The summed E-state index contributed by atoms with van der Waals surface area (Å²) in [5.74, 6) is -3.91. The number of rotatable bonds is 15. The van der Waals surface area contributed by atoms with E-state index in [0.717, 1.165) is 38.5 Å². The van der Waals surface area contributed by atoms with E-state index in [2.05, 4.69) is 12.2 Å². The fraction of sp³-hybridized carbons (Fsp3) is 0.844. The average Bonchev–Trinajstić information content (AvgIpc) is 3.17. The summed E-state index contributed by atoms with van der Waals surface area (Å²) >= 11 is 0. The molecule has 4 N–H and O–H groups in total. The molecule has 4 heterocycles. The maximum absolute atomic E-state index is 13.6. The Morgan fingerprint density at radius 2 is 1.55 bits per heavy atom. The van der Waals surface area contributed by atoms with Crippen molar-refractivity contribution < 1.29 is 58.1 Å². The number of nitrogens with one attached hydrogen (secondary N) is 1. The number of aliphatic hydroxyl groups is 3. The van der Waals surface area contributed by atoms with Crippen molar-refractivity contribution in [3.05, 3.63) is 23.8 Å². The SMILES string of the molecule is CCCCCCCCCCCCCC(=O)O[C@H]1/C(=C/C(=O)OC)C[C@H]2CC([C@@H](C)O)NC(=O)C[C@@H](O)CC3CCCC(CC4CCOC(/C=C\C(C)(C)[C@]1(O)O2)O4)O3. The second-order valence-electron chi connectivity index (χ2n) is 17.7. The summed E-state index contributed by atoms with van der Waals surface area (Å²) in [6.07, 6.45) is 16.0. The molecule has 0 spiro atoms. The molecule has 3 fully saturated rings. The lowest BCUT2D eigenvalue weighted by atomic mass is 9.74. The number of carbonyl (C=O) groups is 3. The minimum atomic E-state index is -2.23. The zero-order chi connectivity index (χ0) is 42.1. The van der Waals surface area contributed by atoms with Crippen molar-refractivity contribution in [3.63, 3.8) is 0 Å². The number of fused-ring (bicyclic) bond motifs is 6. The highest BCUT2D eigenvalue weighted by molar-refractivity contribution is 5.83. The van der Waals surface area contributed by atoms with Crippen molar-refractivity contribution in [1.29, 1.82) is 0 Å². The fourth-order valence-electron chi connectivity index (χ4n) is 8.70. The van der Waals surface area contributed by atoms with Gasteiger partial charge in [0, 0.05) is 24.3 Å². The Bertz CT molecular complexity index is 1330. The molecule has 13 heteroatoms. The smallest absolute Gasteiger partial charge is 0.330 e. The predicted octanol–water partition coefficient (Wildman–Crippen LogP) is 6.63. The monoisotopic (exact) mass is 822 g/mol. The van der Waals surface area contributed by atoms with Crippen LogP contribution in [0.1, 0.15) is 163 Å². The number of unbranched alkanes of at least 4 members (excludes halogenated alkanes) is 10. The van der Waals surface area contributed by atoms with Crippen LogP contribution in [0.3, 0.4) is 0 Å². The van der Waals surface area contributed by atoms with Gasteiger partial charge in [0.05, 0.1) is 62.8 Å². The van der Waals surface area contributed by atoms with Gasteiger partial charge in [0.25, 0.3) is 0 Å². The van der Waals surface area contributed by atoms with E-state index in [1.165, 1.54) is 58.1 Å². The molecule has 332 valence electrons. The second kappa shape index (κ2) is 24.2. The summed E-state index contributed by atoms with van der Waals surface area (Å²) < 4.78 is 36.4. The van der Waals surface area contributed by atoms with Crippen LogP contribution >= 0.6 is 0 Å². The minimum absolute atomic E-state index is 0.0312. The molecule has 4 aliphatic heterocycles. The van der Waals surface area contributed by atoms with Gasteiger partial charge >= 0.3 is 11.9 Å². The number of ether oxygens (including phenoxy) is 6. The Hall–Kier alpha value is -2.39. The van der Waals surface area contributed by atoms with E-state index < -0.39 is 65.8 Å². The molecule has 0 aromatic rings. The van der Waals surface area contributed by atoms with Crippen molar-refractivity contribution in [1.82, 2.24) is 5.32 Å². The van der Waals surface area contributed by atoms with Gasteiger partial charge in [0.15, 0.2) is 12.4 Å². The minimum Gasteiger partial charge on any atom is -0.466 e. The van der Waals surface area contributed by atoms with Crippen LogP contribution < -0.4 is 5.32 Å². The Balaban J connectivity index is 1.57. The average molecular weight is 822 g/mol. The molecule has 1 amide bonds. The number of esters is 2. The molecule has 4 rings (SSSR count). The van der Waals surface area contributed by atoms with Crippen molar-refractivity contribution in [3.8, 4) is 0 Å². The number of carbonyl (C=O) groups excluding carboxylic acids is 3. The number of hydrogen-bond donors (Lipinski definition) is 4. The largest absolute Gasteiger partial charge is 0.466 e. The third-order valence-corrected chi connectivity index (χ3v) is 12.2. The molecule has 58 heavy (non-hydrogen) atoms. The molecular formula is C45H75NO12. The third kappa shape index (κ3) is 15.3. The van der Waals surface area contributed by atoms with Gasteiger partial charge in [-0.3, -0.25) is 9.59 Å². The maximum atomic E-state index is 13.6. The number of aliphatic hydroxyl groups excluding tert-OH is 2. The first-order valence-electron chi connectivity index (χ1n) is 22.4. The van der Waals surface area contributed by atoms with Crippen LogP contribution in [0.5, 0.6) is 0 Å². The Morgan fingerprint density at radius 1 is 0.914 bits per heavy atom. The molecule has 10 atom stereocenters. The van der Waals surface area contributed by atoms with Crippen molar-refractivity contribution in [2.45, 2.75) is 223 Å². The van der Waals surface area contributed by atoms with Crippen LogP contribution in [0.25, 0.3) is 0 Å². The molecule has 0 aromatic heterocycles. The highest BCUT2D eigenvalue weighted by atomic mass is 16.7. The van der Waals surface area contributed by atoms with E-state index in [-0.39, 0.29) is 49.6 Å². The molecule has 6 bridgehead atoms. The van der Waals surface area contributed by atoms with Gasteiger partial charge in [-0.15, -0.1) is 0 Å². The van der Waals surface area contributed by atoms with E-state index in [4.69, 9.17) is 28.4 Å². The van der Waals surface area contributed by atoms with Gasteiger partial charge < -0.3 is 49.1 Å². The summed E-state index contributed by atoms with van der Waals surface area (Å²) in [5, 5.41) is 37.5. The van der Waals surface area contributed by atoms with Crippen LogP contribution in [0.15, 0.2) is 23.8 Å². The van der Waals surface area contributed by atoms with E-state index in [0.29, 0.717) is 32.3 Å². The Morgan fingerprint density at radius 3 is 2.21 bits per heavy atom. The van der Waals surface area contributed by atoms with E-state index in [1.807, 2.05) is 0 Å². The molecule has 5 unspecified atom stereocenters. The summed E-state index contributed by atoms with van der Waals surface area (Å²) in [6, 6.07) is -0.839. The van der Waals surface area contributed by atoms with Crippen molar-refractivity contribution in [2.24, 2.45) is 5.41 Å². The topological polar surface area (TPSA) is 179 Å². The molecule has 0 aliphatic carbocycles. The van der Waals surface area contributed by atoms with Crippen molar-refractivity contribution >= 4 is 17.8 Å². The first-order valence-corrected chi connectivity index (χ1v) is 22.4. The third-order valence-electron chi connectivity index (χ3n) is 12.2. The van der Waals surface area contributed by atoms with Gasteiger partial charge in [-0.25, -0.2) is 4.79 Å². The van der Waals surface area contributed by atoms with Crippen LogP contribution in [0.2, 0.25) is 0 Å². The number of methoxy groups -OCH3 is 1. The van der Waals surface area contributed by atoms with Crippen LogP contribution in [0, 0.1) is 5.41 Å². The fourth-order valence-corrected chi connectivity index (χ4v) is 8.70. The quantitative estimate of drug-likeness (QED) is 0.0601. The summed E-state index contributed by atoms with van der Waals surface area (Å²) in [5.41, 5.74) is -1.000. The summed E-state index contributed by atoms with van der Waals surface area (Å²) in [4.78, 5) is 39.7. The highest BCUT2D eigenvalue weighted by Gasteiger charge is 2.57. The molecule has 0 aromatic carbocycles. The lowest BCUT2D eigenvalue weighted by Crippen LogP contribution is -2.62. The molecule has 0 saturated carbocycles. The molecular weight excluding hydrogens is 746 g/mol. The maximum Gasteiger partial charge on any atom is 0.330 e. The molecule has 0 radical (unpaired) electrons. The normalized spacial score (nSPS) is 34.0. The molecule has 13 nitrogen and oxygen atoms in total. The van der Waals surface area contributed by atoms with Gasteiger partial charge in [-0.05, 0) is 69.9 Å². The van der Waals surface area contributed by atoms with Crippen molar-refractivity contribution in [2.75, 3.05) is 13.7 Å². The molecule has 3 saturated heterocycles. The Kier molecular flexibility index (Phi) is 20.1. The zero-order valence-electron chi connectivity index (χ0n) is 36.0. The first kappa shape index (κ1) is 48.3.